The van der Waals surface area contributed by atoms with E-state index >= 15 is 0 Å². The van der Waals surface area contributed by atoms with Crippen molar-refractivity contribution in [1.82, 2.24) is 15.5 Å². The van der Waals surface area contributed by atoms with E-state index < -0.39 is 60.1 Å². The van der Waals surface area contributed by atoms with Gasteiger partial charge in [0.05, 0.1) is 12.2 Å². The summed E-state index contributed by atoms with van der Waals surface area (Å²) in [5.74, 6) is -3.34. The highest BCUT2D eigenvalue weighted by Crippen LogP contribution is 2.19. The molecule has 0 spiro atoms. The number of rotatable bonds is 10. The standard InChI is InChI=1S/C22H32N4O7/c1-12(27)17(23)21(31)26-10-6-9-16(26)20(30)24-15(11-14-7-4-3-5-8-14)19(29)25-18(13(2)28)22(32)33/h3-5,7-8,12-13,15-18,27-28H,6,9-11,23H2,1-2H3,(H,24,30)(H,25,29)(H,32,33). The minimum atomic E-state index is -1.55. The van der Waals surface area contributed by atoms with Crippen LogP contribution in [0.5, 0.6) is 0 Å². The monoisotopic (exact) mass is 464 g/mol. The Morgan fingerprint density at radius 3 is 2.27 bits per heavy atom. The molecule has 7 N–H and O–H groups in total. The number of nitrogens with two attached hydrogens (primary N) is 1. The minimum absolute atomic E-state index is 0.0679. The molecule has 0 saturated carbocycles. The number of carboxylic acid groups (broad SMARTS) is 1. The molecular weight excluding hydrogens is 432 g/mol. The van der Waals surface area contributed by atoms with Crippen LogP contribution in [0.2, 0.25) is 0 Å². The predicted molar refractivity (Wildman–Crippen MR) is 118 cm³/mol. The van der Waals surface area contributed by atoms with Crippen molar-refractivity contribution in [3.63, 3.8) is 0 Å². The molecule has 1 saturated heterocycles. The Bertz CT molecular complexity index is 846. The molecule has 11 nitrogen and oxygen atoms in total. The molecule has 3 amide bonds. The number of amides is 3. The van der Waals surface area contributed by atoms with Crippen LogP contribution in [0.3, 0.4) is 0 Å². The maximum Gasteiger partial charge on any atom is 0.328 e. The number of benzene rings is 1. The van der Waals surface area contributed by atoms with E-state index in [0.29, 0.717) is 12.8 Å². The number of aliphatic hydroxyl groups excluding tert-OH is 2. The highest BCUT2D eigenvalue weighted by molar-refractivity contribution is 5.94. The van der Waals surface area contributed by atoms with E-state index in [4.69, 9.17) is 5.73 Å². The van der Waals surface area contributed by atoms with Crippen molar-refractivity contribution in [1.29, 1.82) is 0 Å². The van der Waals surface area contributed by atoms with Gasteiger partial charge in [-0.25, -0.2) is 4.79 Å². The minimum Gasteiger partial charge on any atom is -0.480 e. The SMILES string of the molecule is CC(O)C(N)C(=O)N1CCCC1C(=O)NC(Cc1ccccc1)C(=O)NC(C(=O)O)C(C)O. The summed E-state index contributed by atoms with van der Waals surface area (Å²) in [4.78, 5) is 51.2. The molecule has 1 aromatic carbocycles. The zero-order chi connectivity index (χ0) is 24.7. The first-order valence-corrected chi connectivity index (χ1v) is 10.8. The molecule has 0 radical (unpaired) electrons. The molecule has 0 aromatic heterocycles. The van der Waals surface area contributed by atoms with Crippen LogP contribution in [-0.4, -0.2) is 86.8 Å². The molecular formula is C22H32N4O7. The van der Waals surface area contributed by atoms with Crippen LogP contribution >= 0.6 is 0 Å². The first-order chi connectivity index (χ1) is 15.5. The molecule has 0 aliphatic carbocycles. The molecule has 1 fully saturated rings. The molecule has 6 unspecified atom stereocenters. The predicted octanol–water partition coefficient (Wildman–Crippen LogP) is -1.64. The molecule has 33 heavy (non-hydrogen) atoms. The Balaban J connectivity index is 2.20. The summed E-state index contributed by atoms with van der Waals surface area (Å²) in [5, 5.41) is 33.5. The van der Waals surface area contributed by atoms with Crippen LogP contribution in [0.25, 0.3) is 0 Å². The van der Waals surface area contributed by atoms with Gasteiger partial charge in [-0.1, -0.05) is 30.3 Å². The Morgan fingerprint density at radius 1 is 1.09 bits per heavy atom. The van der Waals surface area contributed by atoms with Crippen molar-refractivity contribution in [2.24, 2.45) is 5.73 Å². The first-order valence-electron chi connectivity index (χ1n) is 10.8. The van der Waals surface area contributed by atoms with Crippen molar-refractivity contribution >= 4 is 23.7 Å². The lowest BCUT2D eigenvalue weighted by atomic mass is 10.0. The van der Waals surface area contributed by atoms with Crippen molar-refractivity contribution in [3.8, 4) is 0 Å². The number of carboxylic acids is 1. The summed E-state index contributed by atoms with van der Waals surface area (Å²) in [6.45, 7) is 2.90. The Morgan fingerprint density at radius 2 is 1.73 bits per heavy atom. The van der Waals surface area contributed by atoms with E-state index in [0.717, 1.165) is 5.56 Å². The van der Waals surface area contributed by atoms with Crippen LogP contribution in [-0.2, 0) is 25.6 Å². The van der Waals surface area contributed by atoms with Gasteiger partial charge in [0.25, 0.3) is 0 Å². The van der Waals surface area contributed by atoms with Gasteiger partial charge in [-0.2, -0.15) is 0 Å². The van der Waals surface area contributed by atoms with E-state index in [1.54, 1.807) is 30.3 Å². The molecule has 2 rings (SSSR count). The molecule has 0 bridgehead atoms. The fourth-order valence-electron chi connectivity index (χ4n) is 3.67. The second kappa shape index (κ2) is 11.7. The molecule has 1 heterocycles. The number of hydrogen-bond acceptors (Lipinski definition) is 7. The van der Waals surface area contributed by atoms with Gasteiger partial charge >= 0.3 is 5.97 Å². The third-order valence-electron chi connectivity index (χ3n) is 5.61. The summed E-state index contributed by atoms with van der Waals surface area (Å²) in [7, 11) is 0. The molecule has 1 aliphatic heterocycles. The van der Waals surface area contributed by atoms with Gasteiger partial charge in [0.15, 0.2) is 6.04 Å². The summed E-state index contributed by atoms with van der Waals surface area (Å²) in [5.41, 5.74) is 6.47. The number of carbonyl (C=O) groups excluding carboxylic acids is 3. The van der Waals surface area contributed by atoms with Gasteiger partial charge in [0.2, 0.25) is 17.7 Å². The van der Waals surface area contributed by atoms with Crippen molar-refractivity contribution in [2.75, 3.05) is 6.54 Å². The summed E-state index contributed by atoms with van der Waals surface area (Å²) in [6.07, 6.45) is -1.47. The van der Waals surface area contributed by atoms with Crippen molar-refractivity contribution < 1.29 is 34.5 Å². The number of nitrogens with zero attached hydrogens (tertiary/aromatic N) is 1. The van der Waals surface area contributed by atoms with E-state index in [1.807, 2.05) is 0 Å². The third kappa shape index (κ3) is 6.98. The topological polar surface area (TPSA) is 182 Å². The Kier molecular flexibility index (Phi) is 9.32. The molecule has 6 atom stereocenters. The van der Waals surface area contributed by atoms with Gasteiger partial charge in [-0.05, 0) is 32.3 Å². The number of likely N-dealkylation sites (tertiary alicyclic amines) is 1. The molecule has 1 aliphatic rings. The first kappa shape index (κ1) is 26.2. The van der Waals surface area contributed by atoms with Gasteiger partial charge in [0, 0.05) is 13.0 Å². The van der Waals surface area contributed by atoms with Gasteiger partial charge < -0.3 is 36.6 Å². The van der Waals surface area contributed by atoms with E-state index in [2.05, 4.69) is 10.6 Å². The number of nitrogens with one attached hydrogen (secondary N) is 2. The molecule has 11 heteroatoms. The number of aliphatic carboxylic acids is 1. The summed E-state index contributed by atoms with van der Waals surface area (Å²) in [6, 6.07) is 4.06. The van der Waals surface area contributed by atoms with E-state index in [1.165, 1.54) is 18.7 Å². The lowest BCUT2D eigenvalue weighted by Crippen LogP contribution is -2.59. The largest absolute Gasteiger partial charge is 0.480 e. The van der Waals surface area contributed by atoms with Crippen molar-refractivity contribution in [3.05, 3.63) is 35.9 Å². The van der Waals surface area contributed by atoms with Crippen LogP contribution in [0.4, 0.5) is 0 Å². The van der Waals surface area contributed by atoms with Crippen molar-refractivity contribution in [2.45, 2.75) is 69.5 Å². The second-order valence-corrected chi connectivity index (χ2v) is 8.27. The van der Waals surface area contributed by atoms with Gasteiger partial charge in [-0.3, -0.25) is 14.4 Å². The van der Waals surface area contributed by atoms with Crippen LogP contribution in [0, 0.1) is 0 Å². The fourth-order valence-corrected chi connectivity index (χ4v) is 3.67. The zero-order valence-electron chi connectivity index (χ0n) is 18.7. The second-order valence-electron chi connectivity index (χ2n) is 8.27. The van der Waals surface area contributed by atoms with Crippen LogP contribution in [0.1, 0.15) is 32.3 Å². The summed E-state index contributed by atoms with van der Waals surface area (Å²) < 4.78 is 0. The molecule has 1 aromatic rings. The number of hydrogen-bond donors (Lipinski definition) is 6. The zero-order valence-corrected chi connectivity index (χ0v) is 18.7. The smallest absolute Gasteiger partial charge is 0.328 e. The van der Waals surface area contributed by atoms with E-state index in [9.17, 15) is 34.5 Å². The van der Waals surface area contributed by atoms with Gasteiger partial charge in [0.1, 0.15) is 18.1 Å². The maximum atomic E-state index is 13.1. The normalized spacial score (nSPS) is 20.3. The van der Waals surface area contributed by atoms with E-state index in [-0.39, 0.29) is 13.0 Å². The highest BCUT2D eigenvalue weighted by Gasteiger charge is 2.39. The number of carbonyl (C=O) groups is 4. The molecule has 182 valence electrons. The van der Waals surface area contributed by atoms with Crippen LogP contribution in [0.15, 0.2) is 30.3 Å². The fraction of sp³-hybridized carbons (Fsp3) is 0.545. The quantitative estimate of drug-likeness (QED) is 0.238. The highest BCUT2D eigenvalue weighted by atomic mass is 16.4. The Hall–Kier alpha value is -3.02. The summed E-state index contributed by atoms with van der Waals surface area (Å²) >= 11 is 0. The number of aliphatic hydroxyl groups is 2. The third-order valence-corrected chi connectivity index (χ3v) is 5.61. The lowest BCUT2D eigenvalue weighted by molar-refractivity contribution is -0.145. The lowest BCUT2D eigenvalue weighted by Gasteiger charge is -2.29. The average Bonchev–Trinajstić information content (AvgIpc) is 3.26. The Labute approximate surface area is 191 Å². The average molecular weight is 465 g/mol. The maximum absolute atomic E-state index is 13.1. The van der Waals surface area contributed by atoms with Gasteiger partial charge in [-0.15, -0.1) is 0 Å². The van der Waals surface area contributed by atoms with Crippen LogP contribution < -0.4 is 16.4 Å².